The molecule has 0 bridgehead atoms. The van der Waals surface area contributed by atoms with Gasteiger partial charge in [0.2, 0.25) is 0 Å². The lowest BCUT2D eigenvalue weighted by Gasteiger charge is -2.10. The molecular formula is C16H20N2O2. The van der Waals surface area contributed by atoms with E-state index in [4.69, 9.17) is 4.42 Å². The molecule has 0 aliphatic carbocycles. The van der Waals surface area contributed by atoms with Crippen molar-refractivity contribution in [3.8, 4) is 0 Å². The Labute approximate surface area is 119 Å². The van der Waals surface area contributed by atoms with Crippen LogP contribution in [0.3, 0.4) is 0 Å². The summed E-state index contributed by atoms with van der Waals surface area (Å²) in [6.45, 7) is 3.27. The highest BCUT2D eigenvalue weighted by Crippen LogP contribution is 2.09. The molecule has 0 atom stereocenters. The molecule has 1 aromatic carbocycles. The average molecular weight is 272 g/mol. The van der Waals surface area contributed by atoms with E-state index < -0.39 is 0 Å². The van der Waals surface area contributed by atoms with Gasteiger partial charge in [0.1, 0.15) is 0 Å². The van der Waals surface area contributed by atoms with Crippen LogP contribution in [0.1, 0.15) is 27.2 Å². The Balaban J connectivity index is 1.91. The fraction of sp³-hybridized carbons (Fsp3) is 0.312. The van der Waals surface area contributed by atoms with Crippen molar-refractivity contribution in [3.63, 3.8) is 0 Å². The van der Waals surface area contributed by atoms with Crippen LogP contribution in [0.15, 0.2) is 41.0 Å². The summed E-state index contributed by atoms with van der Waals surface area (Å²) in [5.74, 6) is 0.207. The summed E-state index contributed by atoms with van der Waals surface area (Å²) in [7, 11) is 4.08. The molecule has 20 heavy (non-hydrogen) atoms. The SMILES string of the molecule is Cc1ccoc1C(=O)NCc1ccc(CN(C)C)cc1. The van der Waals surface area contributed by atoms with Crippen molar-refractivity contribution >= 4 is 5.91 Å². The molecule has 0 fully saturated rings. The molecule has 0 aliphatic heterocycles. The van der Waals surface area contributed by atoms with E-state index in [1.54, 1.807) is 6.07 Å². The number of benzene rings is 1. The van der Waals surface area contributed by atoms with Crippen LogP contribution in [0.4, 0.5) is 0 Å². The highest BCUT2D eigenvalue weighted by atomic mass is 16.3. The van der Waals surface area contributed by atoms with Crippen LogP contribution in [-0.2, 0) is 13.1 Å². The normalized spacial score (nSPS) is 10.8. The first kappa shape index (κ1) is 14.3. The van der Waals surface area contributed by atoms with Crippen molar-refractivity contribution < 1.29 is 9.21 Å². The molecule has 0 saturated carbocycles. The molecule has 1 N–H and O–H groups in total. The summed E-state index contributed by atoms with van der Waals surface area (Å²) in [5, 5.41) is 2.86. The first-order valence-electron chi connectivity index (χ1n) is 6.61. The topological polar surface area (TPSA) is 45.5 Å². The largest absolute Gasteiger partial charge is 0.459 e. The summed E-state index contributed by atoms with van der Waals surface area (Å²) in [6, 6.07) is 10.0. The molecule has 0 unspecified atom stereocenters. The number of nitrogens with one attached hydrogen (secondary N) is 1. The van der Waals surface area contributed by atoms with Gasteiger partial charge in [-0.3, -0.25) is 4.79 Å². The first-order valence-corrected chi connectivity index (χ1v) is 6.61. The average Bonchev–Trinajstić information content (AvgIpc) is 2.83. The van der Waals surface area contributed by atoms with E-state index in [1.165, 1.54) is 11.8 Å². The molecule has 2 rings (SSSR count). The van der Waals surface area contributed by atoms with E-state index >= 15 is 0 Å². The molecule has 4 heteroatoms. The number of aryl methyl sites for hydroxylation is 1. The Morgan fingerprint density at radius 3 is 2.35 bits per heavy atom. The zero-order valence-electron chi connectivity index (χ0n) is 12.1. The van der Waals surface area contributed by atoms with Crippen molar-refractivity contribution in [2.75, 3.05) is 14.1 Å². The molecule has 1 aromatic heterocycles. The second kappa shape index (κ2) is 6.39. The third-order valence-electron chi connectivity index (χ3n) is 3.04. The standard InChI is InChI=1S/C16H20N2O2/c1-12-8-9-20-15(12)16(19)17-10-13-4-6-14(7-5-13)11-18(2)3/h4-9H,10-11H2,1-3H3,(H,17,19). The minimum absolute atomic E-state index is 0.176. The maximum atomic E-state index is 11.9. The van der Waals surface area contributed by atoms with Gasteiger partial charge in [0, 0.05) is 18.7 Å². The molecule has 4 nitrogen and oxygen atoms in total. The lowest BCUT2D eigenvalue weighted by molar-refractivity contribution is 0.0922. The van der Waals surface area contributed by atoms with Crippen LogP contribution in [0.2, 0.25) is 0 Å². The number of hydrogen-bond donors (Lipinski definition) is 1. The number of amides is 1. The summed E-state index contributed by atoms with van der Waals surface area (Å²) in [4.78, 5) is 14.0. The number of hydrogen-bond acceptors (Lipinski definition) is 3. The van der Waals surface area contributed by atoms with Crippen molar-refractivity contribution in [2.24, 2.45) is 0 Å². The Morgan fingerprint density at radius 2 is 1.80 bits per heavy atom. The van der Waals surface area contributed by atoms with Gasteiger partial charge in [-0.1, -0.05) is 24.3 Å². The maximum absolute atomic E-state index is 11.9. The highest BCUT2D eigenvalue weighted by molar-refractivity contribution is 5.92. The van der Waals surface area contributed by atoms with E-state index in [9.17, 15) is 4.79 Å². The molecule has 2 aromatic rings. The fourth-order valence-electron chi connectivity index (χ4n) is 2.00. The summed E-state index contributed by atoms with van der Waals surface area (Å²) >= 11 is 0. The number of carbonyl (C=O) groups is 1. The number of furan rings is 1. The third-order valence-corrected chi connectivity index (χ3v) is 3.04. The van der Waals surface area contributed by atoms with Crippen molar-refractivity contribution in [3.05, 3.63) is 59.0 Å². The minimum atomic E-state index is -0.176. The maximum Gasteiger partial charge on any atom is 0.287 e. The van der Waals surface area contributed by atoms with E-state index in [1.807, 2.05) is 33.2 Å². The fourth-order valence-corrected chi connectivity index (χ4v) is 2.00. The van der Waals surface area contributed by atoms with Crippen LogP contribution in [0, 0.1) is 6.92 Å². The summed E-state index contributed by atoms with van der Waals surface area (Å²) < 4.78 is 5.16. The van der Waals surface area contributed by atoms with Gasteiger partial charge in [-0.2, -0.15) is 0 Å². The second-order valence-electron chi connectivity index (χ2n) is 5.17. The summed E-state index contributed by atoms with van der Waals surface area (Å²) in [5.41, 5.74) is 3.18. The zero-order valence-corrected chi connectivity index (χ0v) is 12.1. The van der Waals surface area contributed by atoms with E-state index in [-0.39, 0.29) is 5.91 Å². The van der Waals surface area contributed by atoms with Gasteiger partial charge in [-0.15, -0.1) is 0 Å². The van der Waals surface area contributed by atoms with Gasteiger partial charge in [0.05, 0.1) is 6.26 Å². The lowest BCUT2D eigenvalue weighted by Crippen LogP contribution is -2.23. The predicted molar refractivity (Wildman–Crippen MR) is 78.4 cm³/mol. The predicted octanol–water partition coefficient (Wildman–Crippen LogP) is 2.58. The van der Waals surface area contributed by atoms with E-state index in [2.05, 4.69) is 22.3 Å². The van der Waals surface area contributed by atoms with Gasteiger partial charge in [0.25, 0.3) is 5.91 Å². The molecule has 106 valence electrons. The highest BCUT2D eigenvalue weighted by Gasteiger charge is 2.11. The lowest BCUT2D eigenvalue weighted by atomic mass is 10.1. The molecule has 0 radical (unpaired) electrons. The van der Waals surface area contributed by atoms with Crippen LogP contribution in [0.25, 0.3) is 0 Å². The molecule has 0 spiro atoms. The van der Waals surface area contributed by atoms with Crippen LogP contribution >= 0.6 is 0 Å². The number of carbonyl (C=O) groups excluding carboxylic acids is 1. The van der Waals surface area contributed by atoms with Crippen molar-refractivity contribution in [1.29, 1.82) is 0 Å². The quantitative estimate of drug-likeness (QED) is 0.910. The minimum Gasteiger partial charge on any atom is -0.459 e. The van der Waals surface area contributed by atoms with Crippen molar-refractivity contribution in [1.82, 2.24) is 10.2 Å². The first-order chi connectivity index (χ1) is 9.56. The molecule has 1 heterocycles. The molecular weight excluding hydrogens is 252 g/mol. The number of rotatable bonds is 5. The van der Waals surface area contributed by atoms with Gasteiger partial charge in [-0.05, 0) is 38.2 Å². The van der Waals surface area contributed by atoms with E-state index in [0.717, 1.165) is 17.7 Å². The van der Waals surface area contributed by atoms with Gasteiger partial charge in [0.15, 0.2) is 5.76 Å². The third kappa shape index (κ3) is 3.71. The molecule has 0 aliphatic rings. The van der Waals surface area contributed by atoms with Gasteiger partial charge in [-0.25, -0.2) is 0 Å². The summed E-state index contributed by atoms with van der Waals surface area (Å²) in [6.07, 6.45) is 1.53. The molecule has 0 saturated heterocycles. The second-order valence-corrected chi connectivity index (χ2v) is 5.17. The Hall–Kier alpha value is -2.07. The van der Waals surface area contributed by atoms with Crippen LogP contribution < -0.4 is 5.32 Å². The number of nitrogens with zero attached hydrogens (tertiary/aromatic N) is 1. The monoisotopic (exact) mass is 272 g/mol. The Morgan fingerprint density at radius 1 is 1.15 bits per heavy atom. The van der Waals surface area contributed by atoms with Crippen molar-refractivity contribution in [2.45, 2.75) is 20.0 Å². The Kier molecular flexibility index (Phi) is 4.58. The van der Waals surface area contributed by atoms with Crippen LogP contribution in [0.5, 0.6) is 0 Å². The molecule has 1 amide bonds. The Bertz CT molecular complexity index is 570. The van der Waals surface area contributed by atoms with E-state index in [0.29, 0.717) is 12.3 Å². The van der Waals surface area contributed by atoms with Gasteiger partial charge < -0.3 is 14.6 Å². The zero-order chi connectivity index (χ0) is 14.5. The van der Waals surface area contributed by atoms with Gasteiger partial charge >= 0.3 is 0 Å². The van der Waals surface area contributed by atoms with Crippen LogP contribution in [-0.4, -0.2) is 24.9 Å². The smallest absolute Gasteiger partial charge is 0.287 e.